The zero-order chi connectivity index (χ0) is 15.8. The molecular formula is C17H25N3O2. The van der Waals surface area contributed by atoms with Crippen molar-refractivity contribution in [3.63, 3.8) is 0 Å². The van der Waals surface area contributed by atoms with Gasteiger partial charge in [0.15, 0.2) is 0 Å². The van der Waals surface area contributed by atoms with E-state index >= 15 is 0 Å². The Bertz CT molecular complexity index is 488. The molecular weight excluding hydrogens is 278 g/mol. The molecule has 120 valence electrons. The minimum Gasteiger partial charge on any atom is -0.356 e. The van der Waals surface area contributed by atoms with Gasteiger partial charge in [-0.3, -0.25) is 9.59 Å². The summed E-state index contributed by atoms with van der Waals surface area (Å²) < 4.78 is 0. The second-order valence-electron chi connectivity index (χ2n) is 5.62. The fourth-order valence-corrected chi connectivity index (χ4v) is 2.69. The van der Waals surface area contributed by atoms with E-state index in [0.29, 0.717) is 6.54 Å². The zero-order valence-corrected chi connectivity index (χ0v) is 13.2. The lowest BCUT2D eigenvalue weighted by Crippen LogP contribution is -2.56. The highest BCUT2D eigenvalue weighted by Crippen LogP contribution is 2.06. The average molecular weight is 303 g/mol. The van der Waals surface area contributed by atoms with E-state index in [0.717, 1.165) is 32.5 Å². The van der Waals surface area contributed by atoms with E-state index < -0.39 is 0 Å². The maximum Gasteiger partial charge on any atom is 0.240 e. The number of nitrogens with one attached hydrogen (secondary N) is 2. The molecule has 2 amide bonds. The molecule has 2 rings (SSSR count). The monoisotopic (exact) mass is 303 g/mol. The van der Waals surface area contributed by atoms with Gasteiger partial charge in [0.25, 0.3) is 0 Å². The predicted octanol–water partition coefficient (Wildman–Crippen LogP) is 0.946. The standard InChI is InChI=1S/C17H25N3O2/c1-2-11-20-12-10-18-15(17(20)22)13-16(21)19-9-8-14-6-4-3-5-7-14/h3-7,15,18H,2,8-13H2,1H3,(H,19,21). The van der Waals surface area contributed by atoms with Crippen molar-refractivity contribution in [3.05, 3.63) is 35.9 Å². The molecule has 1 aromatic carbocycles. The number of carbonyl (C=O) groups excluding carboxylic acids is 2. The summed E-state index contributed by atoms with van der Waals surface area (Å²) in [5.74, 6) is -0.0218. The van der Waals surface area contributed by atoms with E-state index in [1.807, 2.05) is 35.2 Å². The topological polar surface area (TPSA) is 61.4 Å². The van der Waals surface area contributed by atoms with E-state index in [2.05, 4.69) is 17.6 Å². The first-order valence-corrected chi connectivity index (χ1v) is 8.03. The van der Waals surface area contributed by atoms with Crippen LogP contribution in [0.3, 0.4) is 0 Å². The van der Waals surface area contributed by atoms with Gasteiger partial charge in [0.2, 0.25) is 11.8 Å². The molecule has 1 atom stereocenters. The maximum atomic E-state index is 12.2. The average Bonchev–Trinajstić information content (AvgIpc) is 2.52. The van der Waals surface area contributed by atoms with Crippen LogP contribution >= 0.6 is 0 Å². The van der Waals surface area contributed by atoms with Crippen molar-refractivity contribution < 1.29 is 9.59 Å². The Labute approximate surface area is 132 Å². The first-order chi connectivity index (χ1) is 10.7. The van der Waals surface area contributed by atoms with Gasteiger partial charge >= 0.3 is 0 Å². The minimum atomic E-state index is -0.378. The maximum absolute atomic E-state index is 12.2. The molecule has 1 fully saturated rings. The molecule has 0 saturated carbocycles. The second-order valence-corrected chi connectivity index (χ2v) is 5.62. The van der Waals surface area contributed by atoms with Gasteiger partial charge in [0.05, 0.1) is 12.5 Å². The normalized spacial score (nSPS) is 18.3. The highest BCUT2D eigenvalue weighted by Gasteiger charge is 2.29. The van der Waals surface area contributed by atoms with Crippen LogP contribution in [0.25, 0.3) is 0 Å². The summed E-state index contributed by atoms with van der Waals surface area (Å²) in [5.41, 5.74) is 1.20. The number of nitrogens with zero attached hydrogens (tertiary/aromatic N) is 1. The molecule has 0 bridgehead atoms. The van der Waals surface area contributed by atoms with Gasteiger partial charge in [-0.05, 0) is 18.4 Å². The lowest BCUT2D eigenvalue weighted by molar-refractivity contribution is -0.138. The van der Waals surface area contributed by atoms with Crippen molar-refractivity contribution in [1.29, 1.82) is 0 Å². The number of amides is 2. The fourth-order valence-electron chi connectivity index (χ4n) is 2.69. The van der Waals surface area contributed by atoms with Crippen LogP contribution in [-0.4, -0.2) is 48.9 Å². The molecule has 1 aromatic rings. The molecule has 5 heteroatoms. The number of benzene rings is 1. The molecule has 0 spiro atoms. The van der Waals surface area contributed by atoms with Crippen LogP contribution in [0.5, 0.6) is 0 Å². The van der Waals surface area contributed by atoms with E-state index in [9.17, 15) is 9.59 Å². The van der Waals surface area contributed by atoms with Crippen LogP contribution in [0, 0.1) is 0 Å². The van der Waals surface area contributed by atoms with E-state index in [-0.39, 0.29) is 24.3 Å². The highest BCUT2D eigenvalue weighted by molar-refractivity contribution is 5.88. The summed E-state index contributed by atoms with van der Waals surface area (Å²) in [5, 5.41) is 6.04. The summed E-state index contributed by atoms with van der Waals surface area (Å²) in [4.78, 5) is 26.1. The second kappa shape index (κ2) is 8.54. The van der Waals surface area contributed by atoms with Gasteiger partial charge in [-0.15, -0.1) is 0 Å². The van der Waals surface area contributed by atoms with Gasteiger partial charge in [-0.1, -0.05) is 37.3 Å². The van der Waals surface area contributed by atoms with Gasteiger partial charge < -0.3 is 15.5 Å². The van der Waals surface area contributed by atoms with Gasteiger partial charge in [0.1, 0.15) is 0 Å². The third kappa shape index (κ3) is 4.84. The summed E-state index contributed by atoms with van der Waals surface area (Å²) >= 11 is 0. The molecule has 1 aliphatic rings. The van der Waals surface area contributed by atoms with Crippen LogP contribution in [-0.2, 0) is 16.0 Å². The van der Waals surface area contributed by atoms with Crippen molar-refractivity contribution in [2.24, 2.45) is 0 Å². The Morgan fingerprint density at radius 3 is 2.86 bits per heavy atom. The van der Waals surface area contributed by atoms with Gasteiger partial charge in [-0.2, -0.15) is 0 Å². The van der Waals surface area contributed by atoms with Crippen molar-refractivity contribution >= 4 is 11.8 Å². The van der Waals surface area contributed by atoms with E-state index in [4.69, 9.17) is 0 Å². The lowest BCUT2D eigenvalue weighted by atomic mass is 10.1. The number of carbonyl (C=O) groups is 2. The molecule has 0 radical (unpaired) electrons. The van der Waals surface area contributed by atoms with Crippen LogP contribution in [0.2, 0.25) is 0 Å². The zero-order valence-electron chi connectivity index (χ0n) is 13.2. The molecule has 0 aliphatic carbocycles. The van der Waals surface area contributed by atoms with Crippen LogP contribution < -0.4 is 10.6 Å². The van der Waals surface area contributed by atoms with Crippen LogP contribution in [0.1, 0.15) is 25.3 Å². The molecule has 1 aliphatic heterocycles. The van der Waals surface area contributed by atoms with E-state index in [1.54, 1.807) is 0 Å². The Morgan fingerprint density at radius 2 is 2.14 bits per heavy atom. The van der Waals surface area contributed by atoms with Crippen molar-refractivity contribution in [3.8, 4) is 0 Å². The summed E-state index contributed by atoms with van der Waals surface area (Å²) in [6.45, 7) is 4.92. The third-order valence-corrected chi connectivity index (χ3v) is 3.84. The fraction of sp³-hybridized carbons (Fsp3) is 0.529. The summed E-state index contributed by atoms with van der Waals surface area (Å²) in [6, 6.07) is 9.66. The van der Waals surface area contributed by atoms with Gasteiger partial charge in [0, 0.05) is 26.2 Å². The molecule has 2 N–H and O–H groups in total. The number of piperazine rings is 1. The van der Waals surface area contributed by atoms with E-state index in [1.165, 1.54) is 5.56 Å². The van der Waals surface area contributed by atoms with Gasteiger partial charge in [-0.25, -0.2) is 0 Å². The molecule has 22 heavy (non-hydrogen) atoms. The Kier molecular flexibility index (Phi) is 6.40. The molecule has 1 saturated heterocycles. The molecule has 0 aromatic heterocycles. The number of hydrogen-bond acceptors (Lipinski definition) is 3. The molecule has 1 heterocycles. The summed E-state index contributed by atoms with van der Waals surface area (Å²) in [6.07, 6.45) is 1.97. The third-order valence-electron chi connectivity index (χ3n) is 3.84. The van der Waals surface area contributed by atoms with Crippen molar-refractivity contribution in [2.45, 2.75) is 32.2 Å². The van der Waals surface area contributed by atoms with Crippen molar-refractivity contribution in [1.82, 2.24) is 15.5 Å². The smallest absolute Gasteiger partial charge is 0.240 e. The Hall–Kier alpha value is -1.88. The SMILES string of the molecule is CCCN1CCNC(CC(=O)NCCc2ccccc2)C1=O. The van der Waals surface area contributed by atoms with Crippen LogP contribution in [0.4, 0.5) is 0 Å². The predicted molar refractivity (Wildman–Crippen MR) is 86.4 cm³/mol. The number of hydrogen-bond donors (Lipinski definition) is 2. The first kappa shape index (κ1) is 16.5. The minimum absolute atomic E-state index is 0.0475. The molecule has 5 nitrogen and oxygen atoms in total. The largest absolute Gasteiger partial charge is 0.356 e. The van der Waals surface area contributed by atoms with Crippen LogP contribution in [0.15, 0.2) is 30.3 Å². The quantitative estimate of drug-likeness (QED) is 0.788. The molecule has 1 unspecified atom stereocenters. The lowest BCUT2D eigenvalue weighted by Gasteiger charge is -2.32. The highest BCUT2D eigenvalue weighted by atomic mass is 16.2. The Balaban J connectivity index is 1.73. The van der Waals surface area contributed by atoms with Crippen molar-refractivity contribution in [2.75, 3.05) is 26.2 Å². The Morgan fingerprint density at radius 1 is 1.36 bits per heavy atom. The first-order valence-electron chi connectivity index (χ1n) is 8.03. The number of rotatable bonds is 7. The summed E-state index contributed by atoms with van der Waals surface area (Å²) in [7, 11) is 0.